The Kier molecular flexibility index (Phi) is 4.80. The monoisotopic (exact) mass is 477 g/mol. The van der Waals surface area contributed by atoms with Crippen molar-refractivity contribution in [1.29, 1.82) is 0 Å². The number of rotatable bonds is 4. The first kappa shape index (κ1) is 21.3. The molecular formula is C21H23F4N9. The first-order chi connectivity index (χ1) is 16.3. The third-order valence-corrected chi connectivity index (χ3v) is 6.80. The van der Waals surface area contributed by atoms with Gasteiger partial charge >= 0.3 is 6.18 Å². The first-order valence-electron chi connectivity index (χ1n) is 11.2. The molecule has 0 unspecified atom stereocenters. The predicted octanol–water partition coefficient (Wildman–Crippen LogP) is 2.12. The molecule has 0 amide bonds. The number of hydrogen-bond acceptors (Lipinski definition) is 8. The average Bonchev–Trinajstić information content (AvgIpc) is 3.16. The molecule has 9 nitrogen and oxygen atoms in total. The fourth-order valence-corrected chi connectivity index (χ4v) is 5.00. The van der Waals surface area contributed by atoms with Crippen molar-refractivity contribution in [3.63, 3.8) is 0 Å². The highest BCUT2D eigenvalue weighted by molar-refractivity contribution is 5.72. The second kappa shape index (κ2) is 7.65. The van der Waals surface area contributed by atoms with Gasteiger partial charge in [0.05, 0.1) is 23.8 Å². The summed E-state index contributed by atoms with van der Waals surface area (Å²) < 4.78 is 54.8. The van der Waals surface area contributed by atoms with E-state index in [1.165, 1.54) is 6.42 Å². The molecule has 0 bridgehead atoms. The normalized spacial score (nSPS) is 24.2. The minimum absolute atomic E-state index is 0.0304. The second-order valence-electron chi connectivity index (χ2n) is 9.25. The van der Waals surface area contributed by atoms with Crippen LogP contribution in [0, 0.1) is 0 Å². The number of nitrogens with zero attached hydrogens (tertiary/aromatic N) is 7. The largest absolute Gasteiger partial charge is 0.419 e. The summed E-state index contributed by atoms with van der Waals surface area (Å²) in [7, 11) is 0. The minimum Gasteiger partial charge on any atom is -0.351 e. The van der Waals surface area contributed by atoms with Gasteiger partial charge in [-0.3, -0.25) is 4.40 Å². The van der Waals surface area contributed by atoms with Gasteiger partial charge in [-0.25, -0.2) is 24.3 Å². The molecule has 0 saturated carbocycles. The van der Waals surface area contributed by atoms with E-state index in [4.69, 9.17) is 0 Å². The number of nitrogens with one attached hydrogen (secondary N) is 2. The Morgan fingerprint density at radius 3 is 2.47 bits per heavy atom. The first-order valence-corrected chi connectivity index (χ1v) is 11.2. The summed E-state index contributed by atoms with van der Waals surface area (Å²) in [5.41, 5.74) is 0.134. The SMILES string of the molecule is F[C@@H]1C[C@@H](Nc2ncc(C(F)(F)F)cn2)CN(c2ncc3c(N4CC5(CCN5)C4)nccn23)C1. The molecule has 3 aromatic rings. The van der Waals surface area contributed by atoms with Crippen LogP contribution in [0.5, 0.6) is 0 Å². The fourth-order valence-electron chi connectivity index (χ4n) is 5.00. The summed E-state index contributed by atoms with van der Waals surface area (Å²) >= 11 is 0. The van der Waals surface area contributed by atoms with Crippen molar-refractivity contribution in [2.24, 2.45) is 0 Å². The molecule has 34 heavy (non-hydrogen) atoms. The maximum absolute atomic E-state index is 14.7. The highest BCUT2D eigenvalue weighted by Crippen LogP contribution is 2.36. The van der Waals surface area contributed by atoms with E-state index in [2.05, 4.69) is 35.5 Å². The van der Waals surface area contributed by atoms with Crippen LogP contribution >= 0.6 is 0 Å². The highest BCUT2D eigenvalue weighted by atomic mass is 19.4. The third-order valence-electron chi connectivity index (χ3n) is 6.80. The third kappa shape index (κ3) is 3.67. The van der Waals surface area contributed by atoms with E-state index >= 15 is 0 Å². The molecule has 0 aromatic carbocycles. The van der Waals surface area contributed by atoms with Crippen molar-refractivity contribution in [3.05, 3.63) is 36.5 Å². The number of imidazole rings is 1. The van der Waals surface area contributed by atoms with Crippen LogP contribution in [0.3, 0.4) is 0 Å². The highest BCUT2D eigenvalue weighted by Gasteiger charge is 2.48. The standard InChI is InChI=1S/C21H23F4N9/c22-14-5-15(31-18-27-6-13(7-28-18)21(23,24)25)10-32(9-14)19-29-8-16-17(26-3-4-34(16)19)33-11-20(12-33)1-2-30-20/h3-4,6-8,14-15,30H,1-2,5,9-12H2,(H,27,28,31)/t14-,15-/m1/s1. The Balaban J connectivity index is 1.20. The number of hydrogen-bond donors (Lipinski definition) is 2. The van der Waals surface area contributed by atoms with Crippen LogP contribution in [0.25, 0.3) is 5.52 Å². The van der Waals surface area contributed by atoms with Gasteiger partial charge in [-0.15, -0.1) is 0 Å². The molecule has 1 spiro atoms. The number of aromatic nitrogens is 5. The van der Waals surface area contributed by atoms with E-state index in [0.717, 1.165) is 43.4 Å². The molecule has 0 radical (unpaired) electrons. The van der Waals surface area contributed by atoms with Crippen molar-refractivity contribution >= 4 is 23.2 Å². The molecule has 3 aromatic heterocycles. The Bertz CT molecular complexity index is 1180. The average molecular weight is 477 g/mol. The molecule has 2 atom stereocenters. The van der Waals surface area contributed by atoms with Gasteiger partial charge in [-0.05, 0) is 13.0 Å². The fraction of sp³-hybridized carbons (Fsp3) is 0.524. The summed E-state index contributed by atoms with van der Waals surface area (Å²) in [5.74, 6) is 1.48. The van der Waals surface area contributed by atoms with E-state index in [9.17, 15) is 17.6 Å². The number of anilines is 3. The van der Waals surface area contributed by atoms with Crippen LogP contribution < -0.4 is 20.4 Å². The van der Waals surface area contributed by atoms with Crippen molar-refractivity contribution < 1.29 is 17.6 Å². The molecule has 2 N–H and O–H groups in total. The quantitative estimate of drug-likeness (QED) is 0.553. The lowest BCUT2D eigenvalue weighted by molar-refractivity contribution is -0.138. The van der Waals surface area contributed by atoms with Crippen LogP contribution in [0.1, 0.15) is 18.4 Å². The van der Waals surface area contributed by atoms with E-state index in [-0.39, 0.29) is 24.5 Å². The van der Waals surface area contributed by atoms with Crippen molar-refractivity contribution in [2.75, 3.05) is 47.8 Å². The van der Waals surface area contributed by atoms with Crippen LogP contribution in [-0.2, 0) is 6.18 Å². The number of alkyl halides is 4. The minimum atomic E-state index is -4.51. The van der Waals surface area contributed by atoms with Crippen molar-refractivity contribution in [1.82, 2.24) is 29.7 Å². The van der Waals surface area contributed by atoms with Crippen LogP contribution in [-0.4, -0.2) is 74.8 Å². The molecule has 0 aliphatic carbocycles. The number of halogens is 4. The Labute approximate surface area is 192 Å². The molecule has 3 fully saturated rings. The summed E-state index contributed by atoms with van der Waals surface area (Å²) in [6, 6.07) is -0.394. The van der Waals surface area contributed by atoms with E-state index in [0.29, 0.717) is 12.5 Å². The predicted molar refractivity (Wildman–Crippen MR) is 117 cm³/mol. The topological polar surface area (TPSA) is 86.5 Å². The molecule has 180 valence electrons. The van der Waals surface area contributed by atoms with Gasteiger partial charge in [-0.2, -0.15) is 13.2 Å². The molecule has 3 saturated heterocycles. The zero-order valence-corrected chi connectivity index (χ0v) is 18.1. The van der Waals surface area contributed by atoms with Crippen LogP contribution in [0.2, 0.25) is 0 Å². The summed E-state index contributed by atoms with van der Waals surface area (Å²) in [6.07, 6.45) is 2.42. The van der Waals surface area contributed by atoms with Gasteiger partial charge in [0.1, 0.15) is 11.7 Å². The molecule has 3 aliphatic heterocycles. The van der Waals surface area contributed by atoms with E-state index < -0.39 is 24.0 Å². The summed E-state index contributed by atoms with van der Waals surface area (Å²) in [4.78, 5) is 20.7. The molecule has 6 heterocycles. The maximum atomic E-state index is 14.7. The zero-order valence-electron chi connectivity index (χ0n) is 18.1. The Morgan fingerprint density at radius 1 is 1.03 bits per heavy atom. The van der Waals surface area contributed by atoms with Crippen molar-refractivity contribution in [3.8, 4) is 0 Å². The van der Waals surface area contributed by atoms with E-state index in [1.54, 1.807) is 12.4 Å². The smallest absolute Gasteiger partial charge is 0.351 e. The maximum Gasteiger partial charge on any atom is 0.419 e. The molecule has 3 aliphatic rings. The zero-order chi connectivity index (χ0) is 23.5. The lowest BCUT2D eigenvalue weighted by Gasteiger charge is -2.56. The Morgan fingerprint density at radius 2 is 1.79 bits per heavy atom. The summed E-state index contributed by atoms with van der Waals surface area (Å²) in [5, 5.41) is 6.45. The van der Waals surface area contributed by atoms with Crippen LogP contribution in [0.4, 0.5) is 35.3 Å². The van der Waals surface area contributed by atoms with Gasteiger partial charge in [-0.1, -0.05) is 0 Å². The molecule has 6 rings (SSSR count). The van der Waals surface area contributed by atoms with Gasteiger partial charge in [0, 0.05) is 56.9 Å². The molecular weight excluding hydrogens is 454 g/mol. The lowest BCUT2D eigenvalue weighted by Crippen LogP contribution is -2.76. The second-order valence-corrected chi connectivity index (χ2v) is 9.25. The van der Waals surface area contributed by atoms with Gasteiger partial charge in [0.15, 0.2) is 5.82 Å². The number of piperidine rings is 1. The Hall–Kier alpha value is -3.22. The molecule has 13 heteroatoms. The number of fused-ring (bicyclic) bond motifs is 1. The van der Waals surface area contributed by atoms with Gasteiger partial charge < -0.3 is 20.4 Å². The van der Waals surface area contributed by atoms with Crippen molar-refractivity contribution in [2.45, 2.75) is 36.8 Å². The van der Waals surface area contributed by atoms with Gasteiger partial charge in [0.25, 0.3) is 0 Å². The van der Waals surface area contributed by atoms with E-state index in [1.807, 2.05) is 15.5 Å². The lowest BCUT2D eigenvalue weighted by atomic mass is 9.80. The summed E-state index contributed by atoms with van der Waals surface area (Å²) in [6.45, 7) is 3.41. The van der Waals surface area contributed by atoms with Crippen LogP contribution in [0.15, 0.2) is 31.0 Å². The van der Waals surface area contributed by atoms with Gasteiger partial charge in [0.2, 0.25) is 11.9 Å².